The second-order valence-electron chi connectivity index (χ2n) is 8.59. The molecular formula is C27H32F3N3S2. The van der Waals surface area contributed by atoms with Gasteiger partial charge in [0, 0.05) is 9.75 Å². The molecule has 3 N–H and O–H groups in total. The molecule has 8 heteroatoms. The van der Waals surface area contributed by atoms with Gasteiger partial charge in [-0.2, -0.15) is 13.2 Å². The van der Waals surface area contributed by atoms with E-state index in [2.05, 4.69) is 31.0 Å². The van der Waals surface area contributed by atoms with E-state index < -0.39 is 11.9 Å². The number of halogens is 3. The summed E-state index contributed by atoms with van der Waals surface area (Å²) in [6.07, 6.45) is 4.74. The second-order valence-corrected chi connectivity index (χ2v) is 10.7. The minimum absolute atomic E-state index is 0.179. The summed E-state index contributed by atoms with van der Waals surface area (Å²) in [4.78, 5) is 7.85. The average Bonchev–Trinajstić information content (AvgIpc) is 3.49. The largest absolute Gasteiger partial charge is 0.430 e. The van der Waals surface area contributed by atoms with E-state index in [1.807, 2.05) is 17.5 Å². The number of aryl methyl sites for hydroxylation is 2. The number of alkyl halides is 3. The number of thiophene rings is 2. The fourth-order valence-corrected chi connectivity index (χ4v) is 5.72. The molecule has 0 aliphatic heterocycles. The molecule has 0 aliphatic carbocycles. The van der Waals surface area contributed by atoms with Gasteiger partial charge in [-0.3, -0.25) is 5.41 Å². The van der Waals surface area contributed by atoms with Crippen molar-refractivity contribution < 1.29 is 13.2 Å². The molecule has 3 heterocycles. The van der Waals surface area contributed by atoms with Crippen molar-refractivity contribution in [2.75, 3.05) is 0 Å². The number of unbranched alkanes of at least 4 members (excludes halogenated alkanes) is 4. The second kappa shape index (κ2) is 12.5. The molecule has 0 spiro atoms. The van der Waals surface area contributed by atoms with Crippen molar-refractivity contribution in [1.82, 2.24) is 4.98 Å². The van der Waals surface area contributed by atoms with Crippen molar-refractivity contribution in [3.8, 4) is 21.0 Å². The van der Waals surface area contributed by atoms with Crippen LogP contribution in [0.3, 0.4) is 0 Å². The molecule has 0 aromatic carbocycles. The van der Waals surface area contributed by atoms with Gasteiger partial charge in [0.05, 0.1) is 22.0 Å². The number of nitrogens with two attached hydrogens (primary N) is 1. The number of nitrogens with zero attached hydrogens (tertiary/aromatic N) is 1. The standard InChI is InChI=1S/C27H32F3N3S2/c1-3-5-7-8-9-18-13-14-34-26(18)19-15-22(21(31)17-25(32)27(28,29)30)33-23(16-19)24-12-11-20(35-24)10-6-4-2/h11-17,31H,3-10,32H2,1-2H3. The van der Waals surface area contributed by atoms with Crippen LogP contribution in [0, 0.1) is 5.41 Å². The van der Waals surface area contributed by atoms with E-state index in [0.29, 0.717) is 11.8 Å². The zero-order valence-corrected chi connectivity index (χ0v) is 21.8. The van der Waals surface area contributed by atoms with Gasteiger partial charge in [0.15, 0.2) is 0 Å². The van der Waals surface area contributed by atoms with Crippen LogP contribution >= 0.6 is 22.7 Å². The average molecular weight is 520 g/mol. The van der Waals surface area contributed by atoms with E-state index in [4.69, 9.17) is 11.1 Å². The van der Waals surface area contributed by atoms with Gasteiger partial charge in [0.25, 0.3) is 0 Å². The van der Waals surface area contributed by atoms with Crippen molar-refractivity contribution in [3.05, 3.63) is 63.6 Å². The Kier molecular flexibility index (Phi) is 9.69. The monoisotopic (exact) mass is 519 g/mol. The first-order valence-electron chi connectivity index (χ1n) is 12.0. The quantitative estimate of drug-likeness (QED) is 0.186. The van der Waals surface area contributed by atoms with E-state index in [9.17, 15) is 13.2 Å². The van der Waals surface area contributed by atoms with E-state index in [0.717, 1.165) is 47.4 Å². The van der Waals surface area contributed by atoms with Crippen molar-refractivity contribution >= 4 is 28.4 Å². The molecule has 0 saturated carbocycles. The smallest absolute Gasteiger partial charge is 0.395 e. The minimum Gasteiger partial charge on any atom is -0.395 e. The molecule has 3 aromatic heterocycles. The van der Waals surface area contributed by atoms with Gasteiger partial charge in [0.1, 0.15) is 5.70 Å². The molecule has 0 saturated heterocycles. The Morgan fingerprint density at radius 1 is 1.03 bits per heavy atom. The van der Waals surface area contributed by atoms with Crippen LogP contribution in [0.4, 0.5) is 13.2 Å². The Hall–Kier alpha value is -2.45. The Labute approximate surface area is 213 Å². The lowest BCUT2D eigenvalue weighted by molar-refractivity contribution is -0.0925. The first-order chi connectivity index (χ1) is 16.7. The van der Waals surface area contributed by atoms with E-state index in [-0.39, 0.29) is 11.4 Å². The summed E-state index contributed by atoms with van der Waals surface area (Å²) in [7, 11) is 0. The first-order valence-corrected chi connectivity index (χ1v) is 13.7. The van der Waals surface area contributed by atoms with Crippen LogP contribution < -0.4 is 5.73 Å². The summed E-state index contributed by atoms with van der Waals surface area (Å²) in [5, 5.41) is 10.4. The number of aromatic nitrogens is 1. The zero-order chi connectivity index (χ0) is 25.4. The third-order valence-electron chi connectivity index (χ3n) is 5.73. The SMILES string of the molecule is CCCCCCc1ccsc1-c1cc(C(=N)C=C(N)C(F)(F)F)nc(-c2ccc(CCCC)s2)c1. The van der Waals surface area contributed by atoms with Gasteiger partial charge >= 0.3 is 6.18 Å². The normalized spacial score (nSPS) is 12.3. The Morgan fingerprint density at radius 2 is 1.80 bits per heavy atom. The topological polar surface area (TPSA) is 62.8 Å². The highest BCUT2D eigenvalue weighted by Crippen LogP contribution is 2.36. The predicted molar refractivity (Wildman–Crippen MR) is 142 cm³/mol. The highest BCUT2D eigenvalue weighted by atomic mass is 32.1. The van der Waals surface area contributed by atoms with Gasteiger partial charge in [-0.05, 0) is 78.6 Å². The minimum atomic E-state index is -4.69. The fourth-order valence-electron chi connectivity index (χ4n) is 3.77. The molecule has 0 unspecified atom stereocenters. The van der Waals surface area contributed by atoms with Crippen molar-refractivity contribution in [2.24, 2.45) is 5.73 Å². The molecule has 0 atom stereocenters. The van der Waals surface area contributed by atoms with E-state index >= 15 is 0 Å². The predicted octanol–water partition coefficient (Wildman–Crippen LogP) is 8.78. The number of hydrogen-bond acceptors (Lipinski definition) is 5. The fraction of sp³-hybridized carbons (Fsp3) is 0.407. The number of hydrogen-bond donors (Lipinski definition) is 2. The van der Waals surface area contributed by atoms with Crippen LogP contribution in [0.2, 0.25) is 0 Å². The maximum Gasteiger partial charge on any atom is 0.430 e. The third kappa shape index (κ3) is 7.51. The van der Waals surface area contributed by atoms with Gasteiger partial charge in [-0.25, -0.2) is 4.98 Å². The molecule has 35 heavy (non-hydrogen) atoms. The summed E-state index contributed by atoms with van der Waals surface area (Å²) in [6.45, 7) is 4.34. The molecule has 0 fully saturated rings. The molecule has 0 radical (unpaired) electrons. The van der Waals surface area contributed by atoms with Gasteiger partial charge < -0.3 is 5.73 Å². The summed E-state index contributed by atoms with van der Waals surface area (Å²) in [5.41, 5.74) is 6.48. The number of nitrogens with one attached hydrogen (secondary N) is 1. The lowest BCUT2D eigenvalue weighted by atomic mass is 10.0. The van der Waals surface area contributed by atoms with Gasteiger partial charge in [-0.15, -0.1) is 22.7 Å². The number of allylic oxidation sites excluding steroid dienone is 2. The first kappa shape index (κ1) is 27.1. The maximum absolute atomic E-state index is 13.0. The van der Waals surface area contributed by atoms with Crippen LogP contribution in [0.15, 0.2) is 47.5 Å². The zero-order valence-electron chi connectivity index (χ0n) is 20.2. The summed E-state index contributed by atoms with van der Waals surface area (Å²) in [6, 6.07) is 9.91. The maximum atomic E-state index is 13.0. The molecule has 188 valence electrons. The third-order valence-corrected chi connectivity index (χ3v) is 7.90. The Morgan fingerprint density at radius 3 is 2.51 bits per heavy atom. The molecule has 0 amide bonds. The lowest BCUT2D eigenvalue weighted by Crippen LogP contribution is -2.21. The molecular weight excluding hydrogens is 487 g/mol. The molecule has 0 aliphatic rings. The van der Waals surface area contributed by atoms with Crippen molar-refractivity contribution in [1.29, 1.82) is 5.41 Å². The summed E-state index contributed by atoms with van der Waals surface area (Å²) >= 11 is 3.25. The van der Waals surface area contributed by atoms with Crippen molar-refractivity contribution in [2.45, 2.75) is 71.4 Å². The highest BCUT2D eigenvalue weighted by molar-refractivity contribution is 7.15. The number of pyridine rings is 1. The van der Waals surface area contributed by atoms with E-state index in [1.165, 1.54) is 29.7 Å². The van der Waals surface area contributed by atoms with Crippen molar-refractivity contribution in [3.63, 3.8) is 0 Å². The number of rotatable bonds is 12. The van der Waals surface area contributed by atoms with Gasteiger partial charge in [0.2, 0.25) is 0 Å². The molecule has 3 nitrogen and oxygen atoms in total. The van der Waals surface area contributed by atoms with Crippen LogP contribution in [-0.4, -0.2) is 16.9 Å². The van der Waals surface area contributed by atoms with E-state index in [1.54, 1.807) is 28.7 Å². The molecule has 3 rings (SSSR count). The highest BCUT2D eigenvalue weighted by Gasteiger charge is 2.31. The van der Waals surface area contributed by atoms with Crippen LogP contribution in [0.5, 0.6) is 0 Å². The van der Waals surface area contributed by atoms with Crippen LogP contribution in [-0.2, 0) is 12.8 Å². The lowest BCUT2D eigenvalue weighted by Gasteiger charge is -2.11. The molecule has 3 aromatic rings. The van der Waals surface area contributed by atoms with Crippen LogP contribution in [0.1, 0.15) is 68.5 Å². The Balaban J connectivity index is 2.02. The molecule has 0 bridgehead atoms. The van der Waals surface area contributed by atoms with Gasteiger partial charge in [-0.1, -0.05) is 39.5 Å². The summed E-state index contributed by atoms with van der Waals surface area (Å²) in [5.74, 6) is 0. The Bertz CT molecular complexity index is 1160. The summed E-state index contributed by atoms with van der Waals surface area (Å²) < 4.78 is 39.0. The van der Waals surface area contributed by atoms with Crippen LogP contribution in [0.25, 0.3) is 21.0 Å².